The van der Waals surface area contributed by atoms with Gasteiger partial charge in [-0.25, -0.2) is 4.79 Å². The number of ether oxygens (including phenoxy) is 1. The number of hydrogen-bond acceptors (Lipinski definition) is 5. The third kappa shape index (κ3) is 3.08. The molecule has 0 spiro atoms. The molecular weight excluding hydrogens is 452 g/mol. The van der Waals surface area contributed by atoms with E-state index in [0.29, 0.717) is 16.9 Å². The Bertz CT molecular complexity index is 1920. The van der Waals surface area contributed by atoms with E-state index in [1.165, 1.54) is 0 Å². The number of fused-ring (bicyclic) bond motifs is 5. The molecular formula is C30H18N2O4. The van der Waals surface area contributed by atoms with Crippen LogP contribution in [0.5, 0.6) is 11.6 Å². The number of H-pyrrole nitrogens is 1. The lowest BCUT2D eigenvalue weighted by molar-refractivity contribution is 0.436. The van der Waals surface area contributed by atoms with E-state index < -0.39 is 5.63 Å². The van der Waals surface area contributed by atoms with Gasteiger partial charge in [-0.2, -0.15) is 4.98 Å². The largest absolute Gasteiger partial charge is 0.437 e. The zero-order valence-electron chi connectivity index (χ0n) is 18.9. The Morgan fingerprint density at radius 2 is 1.53 bits per heavy atom. The SMILES string of the molecule is O=c1[nH]c(-c2cc3ccccc3oc2=O)nc2c1C(c1ccccc1)c1ccc3ccccc3c1O2. The molecule has 0 aliphatic carbocycles. The van der Waals surface area contributed by atoms with Gasteiger partial charge in [-0.3, -0.25) is 4.79 Å². The minimum Gasteiger partial charge on any atom is -0.437 e. The molecule has 1 aliphatic rings. The molecule has 1 unspecified atom stereocenters. The monoisotopic (exact) mass is 470 g/mol. The standard InChI is InChI=1S/C30H18N2O4/c33-28-25-24(18-9-2-1-3-10-18)21-15-14-17-8-4-6-12-20(17)26(21)36-29(25)32-27(31-28)22-16-19-11-5-7-13-23(19)35-30(22)34/h1-16,24H,(H,31,32,33). The number of aromatic nitrogens is 2. The van der Waals surface area contributed by atoms with E-state index in [0.717, 1.165) is 27.3 Å². The zero-order chi connectivity index (χ0) is 24.2. The van der Waals surface area contributed by atoms with Gasteiger partial charge < -0.3 is 14.1 Å². The minimum absolute atomic E-state index is 0.105. The number of hydrogen-bond donors (Lipinski definition) is 1. The first-order valence-corrected chi connectivity index (χ1v) is 11.6. The molecule has 0 saturated heterocycles. The normalized spacial score (nSPS) is 14.3. The molecule has 6 aromatic rings. The van der Waals surface area contributed by atoms with Gasteiger partial charge in [0, 0.05) is 22.3 Å². The molecule has 1 atom stereocenters. The maximum atomic E-state index is 13.6. The molecule has 3 heterocycles. The lowest BCUT2D eigenvalue weighted by Crippen LogP contribution is -2.25. The van der Waals surface area contributed by atoms with Crippen molar-refractivity contribution >= 4 is 21.7 Å². The molecule has 1 N–H and O–H groups in total. The van der Waals surface area contributed by atoms with E-state index in [-0.39, 0.29) is 28.7 Å². The highest BCUT2D eigenvalue weighted by Gasteiger charge is 2.34. The van der Waals surface area contributed by atoms with E-state index >= 15 is 0 Å². The number of nitrogens with zero attached hydrogens (tertiary/aromatic N) is 1. The predicted molar refractivity (Wildman–Crippen MR) is 138 cm³/mol. The highest BCUT2D eigenvalue weighted by molar-refractivity contribution is 5.91. The van der Waals surface area contributed by atoms with Crippen LogP contribution < -0.4 is 15.9 Å². The average Bonchev–Trinajstić information content (AvgIpc) is 2.92. The fourth-order valence-corrected chi connectivity index (χ4v) is 4.99. The predicted octanol–water partition coefficient (Wildman–Crippen LogP) is 5.98. The van der Waals surface area contributed by atoms with Crippen molar-refractivity contribution < 1.29 is 9.15 Å². The Kier molecular flexibility index (Phi) is 4.41. The fraction of sp³-hybridized carbons (Fsp3) is 0.0333. The van der Waals surface area contributed by atoms with Crippen LogP contribution in [0.4, 0.5) is 0 Å². The second-order valence-electron chi connectivity index (χ2n) is 8.77. The van der Waals surface area contributed by atoms with Crippen LogP contribution in [0.2, 0.25) is 0 Å². The average molecular weight is 470 g/mol. The van der Waals surface area contributed by atoms with Crippen LogP contribution >= 0.6 is 0 Å². The first kappa shape index (κ1) is 20.4. The first-order chi connectivity index (χ1) is 17.7. The molecule has 2 aromatic heterocycles. The maximum Gasteiger partial charge on any atom is 0.347 e. The topological polar surface area (TPSA) is 85.2 Å². The Morgan fingerprint density at radius 1 is 0.778 bits per heavy atom. The lowest BCUT2D eigenvalue weighted by Gasteiger charge is -2.28. The Balaban J connectivity index is 1.50. The molecule has 6 heteroatoms. The summed E-state index contributed by atoms with van der Waals surface area (Å²) >= 11 is 0. The molecule has 0 saturated carbocycles. The van der Waals surface area contributed by atoms with Crippen molar-refractivity contribution in [2.45, 2.75) is 5.92 Å². The van der Waals surface area contributed by atoms with Crippen molar-refractivity contribution in [3.05, 3.63) is 135 Å². The van der Waals surface area contributed by atoms with Crippen molar-refractivity contribution in [1.82, 2.24) is 9.97 Å². The highest BCUT2D eigenvalue weighted by Crippen LogP contribution is 2.48. The molecule has 4 aromatic carbocycles. The molecule has 0 amide bonds. The number of aromatic amines is 1. The summed E-state index contributed by atoms with van der Waals surface area (Å²) in [6.07, 6.45) is 0. The van der Waals surface area contributed by atoms with Gasteiger partial charge in [0.15, 0.2) is 5.82 Å². The van der Waals surface area contributed by atoms with E-state index in [4.69, 9.17) is 9.15 Å². The first-order valence-electron chi connectivity index (χ1n) is 11.6. The summed E-state index contributed by atoms with van der Waals surface area (Å²) in [5.74, 6) is 0.560. The van der Waals surface area contributed by atoms with Crippen molar-refractivity contribution in [1.29, 1.82) is 0 Å². The van der Waals surface area contributed by atoms with Crippen molar-refractivity contribution in [2.24, 2.45) is 0 Å². The molecule has 0 bridgehead atoms. The lowest BCUT2D eigenvalue weighted by atomic mass is 9.83. The summed E-state index contributed by atoms with van der Waals surface area (Å²) in [6, 6.07) is 30.7. The summed E-state index contributed by atoms with van der Waals surface area (Å²) in [5.41, 5.74) is 1.91. The summed E-state index contributed by atoms with van der Waals surface area (Å²) in [5, 5.41) is 2.68. The van der Waals surface area contributed by atoms with Gasteiger partial charge in [0.1, 0.15) is 16.9 Å². The van der Waals surface area contributed by atoms with Crippen molar-refractivity contribution in [2.75, 3.05) is 0 Å². The van der Waals surface area contributed by atoms with Crippen LogP contribution in [0.3, 0.4) is 0 Å². The molecule has 6 nitrogen and oxygen atoms in total. The maximum absolute atomic E-state index is 13.6. The van der Waals surface area contributed by atoms with Crippen molar-refractivity contribution in [3.63, 3.8) is 0 Å². The van der Waals surface area contributed by atoms with Crippen LogP contribution in [-0.2, 0) is 0 Å². The molecule has 172 valence electrons. The summed E-state index contributed by atoms with van der Waals surface area (Å²) in [7, 11) is 0. The van der Waals surface area contributed by atoms with Crippen LogP contribution in [0, 0.1) is 0 Å². The Hall–Kier alpha value is -4.97. The summed E-state index contributed by atoms with van der Waals surface area (Å²) < 4.78 is 11.8. The van der Waals surface area contributed by atoms with Crippen molar-refractivity contribution in [3.8, 4) is 23.0 Å². The smallest absolute Gasteiger partial charge is 0.347 e. The quantitative estimate of drug-likeness (QED) is 0.314. The van der Waals surface area contributed by atoms with Gasteiger partial charge in [0.25, 0.3) is 5.56 Å². The minimum atomic E-state index is -0.585. The van der Waals surface area contributed by atoms with E-state index in [2.05, 4.69) is 9.97 Å². The Labute approximate surface area is 204 Å². The second-order valence-corrected chi connectivity index (χ2v) is 8.77. The molecule has 7 rings (SSSR count). The van der Waals surface area contributed by atoms with E-state index in [9.17, 15) is 9.59 Å². The number of rotatable bonds is 2. The molecule has 0 radical (unpaired) electrons. The summed E-state index contributed by atoms with van der Waals surface area (Å²) in [6.45, 7) is 0. The van der Waals surface area contributed by atoms with Gasteiger partial charge >= 0.3 is 5.63 Å². The third-order valence-electron chi connectivity index (χ3n) is 6.66. The summed E-state index contributed by atoms with van der Waals surface area (Å²) in [4.78, 5) is 33.9. The third-order valence-corrected chi connectivity index (χ3v) is 6.66. The molecule has 1 aliphatic heterocycles. The number of nitrogens with one attached hydrogen (secondary N) is 1. The number of para-hydroxylation sites is 1. The zero-order valence-corrected chi connectivity index (χ0v) is 18.9. The van der Waals surface area contributed by atoms with Gasteiger partial charge in [0.2, 0.25) is 5.88 Å². The Morgan fingerprint density at radius 3 is 2.39 bits per heavy atom. The van der Waals surface area contributed by atoms with Crippen LogP contribution in [0.15, 0.2) is 111 Å². The fourth-order valence-electron chi connectivity index (χ4n) is 4.99. The molecule has 0 fully saturated rings. The van der Waals surface area contributed by atoms with Gasteiger partial charge in [-0.05, 0) is 23.1 Å². The van der Waals surface area contributed by atoms with Crippen LogP contribution in [0.1, 0.15) is 22.6 Å². The van der Waals surface area contributed by atoms with Crippen LogP contribution in [0.25, 0.3) is 33.1 Å². The second kappa shape index (κ2) is 7.78. The molecule has 36 heavy (non-hydrogen) atoms. The van der Waals surface area contributed by atoms with Gasteiger partial charge in [-0.1, -0.05) is 84.9 Å². The highest BCUT2D eigenvalue weighted by atomic mass is 16.5. The number of benzene rings is 4. The van der Waals surface area contributed by atoms with E-state index in [1.807, 2.05) is 78.9 Å². The van der Waals surface area contributed by atoms with E-state index in [1.54, 1.807) is 18.2 Å². The van der Waals surface area contributed by atoms with Gasteiger partial charge in [0.05, 0.1) is 5.56 Å². The van der Waals surface area contributed by atoms with Gasteiger partial charge in [-0.15, -0.1) is 0 Å². The van der Waals surface area contributed by atoms with Crippen LogP contribution in [-0.4, -0.2) is 9.97 Å².